The maximum atomic E-state index is 5.72. The Morgan fingerprint density at radius 3 is 0.522 bits per heavy atom. The molecule has 4 nitrogen and oxygen atoms in total. The summed E-state index contributed by atoms with van der Waals surface area (Å²) >= 11 is 0. The van der Waals surface area contributed by atoms with Gasteiger partial charge in [0.2, 0.25) is 0 Å². The van der Waals surface area contributed by atoms with E-state index in [9.17, 15) is 0 Å². The Morgan fingerprint density at radius 2 is 0.326 bits per heavy atom. The number of unbranched alkanes of at least 4 members (excludes halogenated alkanes) is 30. The second-order valence-corrected chi connectivity index (χ2v) is 14.1. The molecule has 4 heteroatoms. The zero-order chi connectivity index (χ0) is 33.1. The molecule has 0 aliphatic carbocycles. The average Bonchev–Trinajstić information content (AvgIpc) is 3.07. The molecule has 0 unspecified atom stereocenters. The molecular weight excluding hydrogens is 568 g/mol. The van der Waals surface area contributed by atoms with Gasteiger partial charge in [0, 0.05) is 13.2 Å². The first-order valence-electron chi connectivity index (χ1n) is 21.2. The second-order valence-electron chi connectivity index (χ2n) is 14.1. The summed E-state index contributed by atoms with van der Waals surface area (Å²) in [5.41, 5.74) is 0. The summed E-state index contributed by atoms with van der Waals surface area (Å²) in [5, 5.41) is 0. The molecule has 0 fully saturated rings. The lowest BCUT2D eigenvalue weighted by Gasteiger charge is -2.08. The predicted molar refractivity (Wildman–Crippen MR) is 202 cm³/mol. The summed E-state index contributed by atoms with van der Waals surface area (Å²) in [6.45, 7) is 10.3. The van der Waals surface area contributed by atoms with Crippen molar-refractivity contribution in [2.75, 3.05) is 52.9 Å². The fourth-order valence-electron chi connectivity index (χ4n) is 6.27. The smallest absolute Gasteiger partial charge is 0.0701 e. The van der Waals surface area contributed by atoms with Gasteiger partial charge in [-0.3, -0.25) is 0 Å². The van der Waals surface area contributed by atoms with Crippen LogP contribution in [0.2, 0.25) is 0 Å². The van der Waals surface area contributed by atoms with Crippen LogP contribution in [0.4, 0.5) is 0 Å². The molecule has 0 heterocycles. The summed E-state index contributed by atoms with van der Waals surface area (Å²) in [4.78, 5) is 0. The zero-order valence-corrected chi connectivity index (χ0v) is 31.9. The number of hydrogen-bond donors (Lipinski definition) is 0. The molecule has 278 valence electrons. The Balaban J connectivity index is 3.03. The van der Waals surface area contributed by atoms with Crippen molar-refractivity contribution >= 4 is 0 Å². The van der Waals surface area contributed by atoms with Crippen molar-refractivity contribution in [3.05, 3.63) is 0 Å². The highest BCUT2D eigenvalue weighted by Gasteiger charge is 1.98. The maximum Gasteiger partial charge on any atom is 0.0701 e. The third kappa shape index (κ3) is 43.8. The van der Waals surface area contributed by atoms with E-state index in [0.29, 0.717) is 39.6 Å². The molecule has 0 spiro atoms. The molecule has 0 aromatic heterocycles. The van der Waals surface area contributed by atoms with E-state index in [1.54, 1.807) is 0 Å². The monoisotopic (exact) mass is 655 g/mol. The minimum Gasteiger partial charge on any atom is -0.379 e. The largest absolute Gasteiger partial charge is 0.379 e. The molecule has 0 aromatic carbocycles. The standard InChI is InChI=1S/C42H86O4/c1-3-5-7-9-11-13-15-17-19-21-23-25-27-29-31-33-35-43-37-39-45-41-42-46-40-38-44-36-34-32-30-28-26-24-22-20-18-16-14-12-10-8-6-4-2/h3-42H2,1-2H3. The Bertz CT molecular complexity index is 456. The minimum atomic E-state index is 0.640. The van der Waals surface area contributed by atoms with Gasteiger partial charge in [-0.25, -0.2) is 0 Å². The number of ether oxygens (including phenoxy) is 4. The highest BCUT2D eigenvalue weighted by molar-refractivity contribution is 4.52. The summed E-state index contributed by atoms with van der Waals surface area (Å²) in [6.07, 6.45) is 45.0. The Hall–Kier alpha value is -0.160. The van der Waals surface area contributed by atoms with Crippen LogP contribution in [0.1, 0.15) is 219 Å². The normalized spacial score (nSPS) is 11.6. The van der Waals surface area contributed by atoms with Crippen LogP contribution in [-0.2, 0) is 18.9 Å². The molecule has 0 saturated carbocycles. The van der Waals surface area contributed by atoms with Crippen LogP contribution in [0.15, 0.2) is 0 Å². The van der Waals surface area contributed by atoms with E-state index in [0.717, 1.165) is 13.2 Å². The summed E-state index contributed by atoms with van der Waals surface area (Å²) < 4.78 is 22.7. The van der Waals surface area contributed by atoms with E-state index in [2.05, 4.69) is 13.8 Å². The molecule has 0 bridgehead atoms. The summed E-state index contributed by atoms with van der Waals surface area (Å²) in [6, 6.07) is 0. The van der Waals surface area contributed by atoms with Gasteiger partial charge in [0.05, 0.1) is 39.6 Å². The van der Waals surface area contributed by atoms with Gasteiger partial charge in [0.15, 0.2) is 0 Å². The molecule has 0 aliphatic rings. The third-order valence-electron chi connectivity index (χ3n) is 9.40. The van der Waals surface area contributed by atoms with Crippen LogP contribution in [0.3, 0.4) is 0 Å². The van der Waals surface area contributed by atoms with Gasteiger partial charge in [-0.15, -0.1) is 0 Å². The van der Waals surface area contributed by atoms with E-state index in [-0.39, 0.29) is 0 Å². The quantitative estimate of drug-likeness (QED) is 0.0613. The highest BCUT2D eigenvalue weighted by atomic mass is 16.6. The fraction of sp³-hybridized carbons (Fsp3) is 1.00. The van der Waals surface area contributed by atoms with Crippen molar-refractivity contribution in [3.8, 4) is 0 Å². The molecular formula is C42H86O4. The van der Waals surface area contributed by atoms with Crippen molar-refractivity contribution in [1.29, 1.82) is 0 Å². The maximum absolute atomic E-state index is 5.72. The van der Waals surface area contributed by atoms with Gasteiger partial charge in [0.25, 0.3) is 0 Å². The van der Waals surface area contributed by atoms with E-state index >= 15 is 0 Å². The first-order valence-corrected chi connectivity index (χ1v) is 21.2. The highest BCUT2D eigenvalue weighted by Crippen LogP contribution is 2.15. The van der Waals surface area contributed by atoms with Crippen LogP contribution in [-0.4, -0.2) is 52.9 Å². The van der Waals surface area contributed by atoms with Gasteiger partial charge < -0.3 is 18.9 Å². The summed E-state index contributed by atoms with van der Waals surface area (Å²) in [7, 11) is 0. The first-order chi connectivity index (χ1) is 22.9. The van der Waals surface area contributed by atoms with Crippen molar-refractivity contribution < 1.29 is 18.9 Å². The Labute approximate surface area is 290 Å². The van der Waals surface area contributed by atoms with Crippen LogP contribution >= 0.6 is 0 Å². The van der Waals surface area contributed by atoms with Crippen LogP contribution in [0, 0.1) is 0 Å². The summed E-state index contributed by atoms with van der Waals surface area (Å²) in [5.74, 6) is 0. The zero-order valence-electron chi connectivity index (χ0n) is 31.9. The van der Waals surface area contributed by atoms with Crippen LogP contribution in [0.5, 0.6) is 0 Å². The lowest BCUT2D eigenvalue weighted by atomic mass is 10.0. The topological polar surface area (TPSA) is 36.9 Å². The molecule has 0 amide bonds. The van der Waals surface area contributed by atoms with Crippen molar-refractivity contribution in [2.45, 2.75) is 219 Å². The van der Waals surface area contributed by atoms with E-state index in [4.69, 9.17) is 18.9 Å². The Morgan fingerprint density at radius 1 is 0.174 bits per heavy atom. The third-order valence-corrected chi connectivity index (χ3v) is 9.40. The molecule has 46 heavy (non-hydrogen) atoms. The van der Waals surface area contributed by atoms with Crippen LogP contribution < -0.4 is 0 Å². The van der Waals surface area contributed by atoms with E-state index < -0.39 is 0 Å². The molecule has 0 rings (SSSR count). The molecule has 0 N–H and O–H groups in total. The molecule has 0 saturated heterocycles. The van der Waals surface area contributed by atoms with Gasteiger partial charge in [0.1, 0.15) is 0 Å². The van der Waals surface area contributed by atoms with Crippen molar-refractivity contribution in [2.24, 2.45) is 0 Å². The molecule has 0 radical (unpaired) electrons. The first kappa shape index (κ1) is 45.8. The lowest BCUT2D eigenvalue weighted by molar-refractivity contribution is -0.00248. The van der Waals surface area contributed by atoms with Gasteiger partial charge in [-0.2, -0.15) is 0 Å². The fourth-order valence-corrected chi connectivity index (χ4v) is 6.27. The van der Waals surface area contributed by atoms with E-state index in [1.807, 2.05) is 0 Å². The molecule has 0 aliphatic heterocycles. The Kier molecular flexibility index (Phi) is 44.7. The van der Waals surface area contributed by atoms with Gasteiger partial charge in [-0.05, 0) is 12.8 Å². The molecule has 0 aromatic rings. The van der Waals surface area contributed by atoms with Crippen LogP contribution in [0.25, 0.3) is 0 Å². The second kappa shape index (κ2) is 44.8. The molecule has 0 atom stereocenters. The number of hydrogen-bond acceptors (Lipinski definition) is 4. The van der Waals surface area contributed by atoms with E-state index in [1.165, 1.54) is 205 Å². The van der Waals surface area contributed by atoms with Crippen molar-refractivity contribution in [3.63, 3.8) is 0 Å². The predicted octanol–water partition coefficient (Wildman–Crippen LogP) is 13.6. The average molecular weight is 655 g/mol. The number of rotatable bonds is 43. The van der Waals surface area contributed by atoms with Gasteiger partial charge >= 0.3 is 0 Å². The van der Waals surface area contributed by atoms with Gasteiger partial charge in [-0.1, -0.05) is 206 Å². The van der Waals surface area contributed by atoms with Crippen molar-refractivity contribution in [1.82, 2.24) is 0 Å². The SMILES string of the molecule is CCCCCCCCCCCCCCCCCCOCCOCCOCCOCCCCCCCCCCCCCCCCCC. The lowest BCUT2D eigenvalue weighted by Crippen LogP contribution is -2.12. The minimum absolute atomic E-state index is 0.640.